The van der Waals surface area contributed by atoms with Crippen LogP contribution in [0.2, 0.25) is 0 Å². The molecule has 2 aliphatic rings. The van der Waals surface area contributed by atoms with Crippen LogP contribution in [0.25, 0.3) is 5.69 Å². The number of rotatable bonds is 2. The Labute approximate surface area is 139 Å². The lowest BCUT2D eigenvalue weighted by molar-refractivity contribution is -0.130. The van der Waals surface area contributed by atoms with Gasteiger partial charge in [0.05, 0.1) is 5.69 Å². The Hall–Kier alpha value is -2.83. The fourth-order valence-corrected chi connectivity index (χ4v) is 3.37. The van der Waals surface area contributed by atoms with Crippen molar-refractivity contribution in [3.63, 3.8) is 0 Å². The van der Waals surface area contributed by atoms with Crippen molar-refractivity contribution in [1.29, 1.82) is 0 Å². The van der Waals surface area contributed by atoms with Gasteiger partial charge in [-0.2, -0.15) is 5.10 Å². The largest absolute Gasteiger partial charge is 0.336 e. The van der Waals surface area contributed by atoms with E-state index in [1.807, 2.05) is 41.4 Å². The Kier molecular flexibility index (Phi) is 3.68. The predicted octanol–water partition coefficient (Wildman–Crippen LogP) is 1.71. The van der Waals surface area contributed by atoms with Crippen LogP contribution in [0.3, 0.4) is 0 Å². The Bertz CT molecular complexity index is 741. The van der Waals surface area contributed by atoms with E-state index in [9.17, 15) is 9.59 Å². The number of amides is 3. The van der Waals surface area contributed by atoms with E-state index in [1.165, 1.54) is 0 Å². The van der Waals surface area contributed by atoms with Crippen LogP contribution in [0.1, 0.15) is 12.8 Å². The average molecular weight is 325 g/mol. The van der Waals surface area contributed by atoms with E-state index >= 15 is 0 Å². The summed E-state index contributed by atoms with van der Waals surface area (Å²) in [6.45, 7) is 1.83. The van der Waals surface area contributed by atoms with E-state index < -0.39 is 0 Å². The fraction of sp³-hybridized carbons (Fsp3) is 0.353. The third-order valence-electron chi connectivity index (χ3n) is 4.67. The molecule has 3 amide bonds. The van der Waals surface area contributed by atoms with Gasteiger partial charge >= 0.3 is 6.03 Å². The van der Waals surface area contributed by atoms with Crippen LogP contribution in [-0.2, 0) is 4.79 Å². The Balaban J connectivity index is 1.38. The van der Waals surface area contributed by atoms with Crippen LogP contribution in [0.15, 0.2) is 42.7 Å². The maximum atomic E-state index is 12.4. The van der Waals surface area contributed by atoms with Gasteiger partial charge in [-0.1, -0.05) is 0 Å². The van der Waals surface area contributed by atoms with Gasteiger partial charge in [0, 0.05) is 50.2 Å². The highest BCUT2D eigenvalue weighted by Crippen LogP contribution is 2.23. The molecule has 1 N–H and O–H groups in total. The van der Waals surface area contributed by atoms with Crippen molar-refractivity contribution in [2.45, 2.75) is 18.9 Å². The number of nitrogens with zero attached hydrogens (tertiary/aromatic N) is 4. The van der Waals surface area contributed by atoms with Gasteiger partial charge in [0.15, 0.2) is 0 Å². The molecule has 1 aromatic carbocycles. The van der Waals surface area contributed by atoms with Gasteiger partial charge < -0.3 is 15.1 Å². The molecule has 0 bridgehead atoms. The van der Waals surface area contributed by atoms with Gasteiger partial charge in [0.1, 0.15) is 0 Å². The molecule has 0 aliphatic carbocycles. The molecule has 7 nitrogen and oxygen atoms in total. The van der Waals surface area contributed by atoms with Crippen LogP contribution in [0.4, 0.5) is 10.5 Å². The summed E-state index contributed by atoms with van der Waals surface area (Å²) in [6.07, 6.45) is 5.05. The molecule has 3 heterocycles. The lowest BCUT2D eigenvalue weighted by atomic mass is 10.1. The molecule has 0 spiro atoms. The van der Waals surface area contributed by atoms with Crippen molar-refractivity contribution in [3.8, 4) is 5.69 Å². The predicted molar refractivity (Wildman–Crippen MR) is 88.9 cm³/mol. The van der Waals surface area contributed by atoms with Crippen molar-refractivity contribution < 1.29 is 9.59 Å². The highest BCUT2D eigenvalue weighted by Gasteiger charge is 2.36. The molecule has 2 saturated heterocycles. The fourth-order valence-electron chi connectivity index (χ4n) is 3.37. The summed E-state index contributed by atoms with van der Waals surface area (Å²) < 4.78 is 1.77. The second-order valence-corrected chi connectivity index (χ2v) is 6.15. The SMILES string of the molecule is O=C(Nc1ccc(-n2cccn2)cc1)N1CCN2C(=O)CCC2C1. The Morgan fingerprint density at radius 3 is 2.79 bits per heavy atom. The van der Waals surface area contributed by atoms with E-state index in [-0.39, 0.29) is 18.0 Å². The molecule has 0 radical (unpaired) electrons. The number of carbonyl (C=O) groups excluding carboxylic acids is 2. The molecular weight excluding hydrogens is 306 g/mol. The number of nitrogens with one attached hydrogen (secondary N) is 1. The van der Waals surface area contributed by atoms with Crippen molar-refractivity contribution in [3.05, 3.63) is 42.7 Å². The highest BCUT2D eigenvalue weighted by atomic mass is 16.2. The van der Waals surface area contributed by atoms with Crippen molar-refractivity contribution in [1.82, 2.24) is 19.6 Å². The lowest BCUT2D eigenvalue weighted by Gasteiger charge is -2.37. The van der Waals surface area contributed by atoms with Crippen molar-refractivity contribution >= 4 is 17.6 Å². The number of hydrogen-bond donors (Lipinski definition) is 1. The number of carbonyl (C=O) groups is 2. The minimum atomic E-state index is -0.110. The molecular formula is C17H19N5O2. The molecule has 7 heteroatoms. The molecule has 2 fully saturated rings. The Morgan fingerprint density at radius 1 is 1.21 bits per heavy atom. The zero-order chi connectivity index (χ0) is 16.5. The first-order chi connectivity index (χ1) is 11.7. The van der Waals surface area contributed by atoms with Crippen LogP contribution in [0.5, 0.6) is 0 Å². The zero-order valence-electron chi connectivity index (χ0n) is 13.3. The molecule has 1 atom stereocenters. The number of piperazine rings is 1. The summed E-state index contributed by atoms with van der Waals surface area (Å²) in [5.41, 5.74) is 1.69. The van der Waals surface area contributed by atoms with Gasteiger partial charge in [-0.3, -0.25) is 4.79 Å². The number of hydrogen-bond acceptors (Lipinski definition) is 3. The highest BCUT2D eigenvalue weighted by molar-refractivity contribution is 5.90. The van der Waals surface area contributed by atoms with E-state index in [2.05, 4.69) is 10.4 Å². The van der Waals surface area contributed by atoms with Crippen LogP contribution in [-0.4, -0.2) is 57.2 Å². The maximum Gasteiger partial charge on any atom is 0.321 e. The van der Waals surface area contributed by atoms with E-state index in [1.54, 1.807) is 15.8 Å². The number of aromatic nitrogens is 2. The molecule has 24 heavy (non-hydrogen) atoms. The molecule has 1 unspecified atom stereocenters. The molecule has 4 rings (SSSR count). The summed E-state index contributed by atoms with van der Waals surface area (Å²) in [6, 6.07) is 9.49. The number of benzene rings is 1. The topological polar surface area (TPSA) is 70.5 Å². The van der Waals surface area contributed by atoms with Crippen LogP contribution < -0.4 is 5.32 Å². The quantitative estimate of drug-likeness (QED) is 0.914. The molecule has 124 valence electrons. The van der Waals surface area contributed by atoms with Crippen LogP contribution >= 0.6 is 0 Å². The summed E-state index contributed by atoms with van der Waals surface area (Å²) in [7, 11) is 0. The third kappa shape index (κ3) is 2.73. The second kappa shape index (κ2) is 5.99. The summed E-state index contributed by atoms with van der Waals surface area (Å²) >= 11 is 0. The number of fused-ring (bicyclic) bond motifs is 1. The summed E-state index contributed by atoms with van der Waals surface area (Å²) in [5.74, 6) is 0.217. The molecule has 2 aromatic rings. The average Bonchev–Trinajstić information content (AvgIpc) is 3.26. The maximum absolute atomic E-state index is 12.4. The smallest absolute Gasteiger partial charge is 0.321 e. The van der Waals surface area contributed by atoms with Gasteiger partial charge in [0.2, 0.25) is 5.91 Å². The molecule has 0 saturated carbocycles. The summed E-state index contributed by atoms with van der Waals surface area (Å²) in [5, 5.41) is 7.11. The standard InChI is InChI=1S/C17H19N5O2/c23-16-7-6-15-12-20(10-11-21(15)16)17(24)19-13-2-4-14(5-3-13)22-9-1-8-18-22/h1-5,8-9,15H,6-7,10-12H2,(H,19,24). The summed E-state index contributed by atoms with van der Waals surface area (Å²) in [4.78, 5) is 27.8. The normalized spacial score (nSPS) is 20.2. The Morgan fingerprint density at radius 2 is 2.04 bits per heavy atom. The first-order valence-electron chi connectivity index (χ1n) is 8.16. The molecule has 2 aliphatic heterocycles. The zero-order valence-corrected chi connectivity index (χ0v) is 13.3. The number of anilines is 1. The van der Waals surface area contributed by atoms with Gasteiger partial charge in [-0.15, -0.1) is 0 Å². The van der Waals surface area contributed by atoms with E-state index in [0.29, 0.717) is 26.1 Å². The van der Waals surface area contributed by atoms with E-state index in [0.717, 1.165) is 17.8 Å². The minimum Gasteiger partial charge on any atom is -0.336 e. The lowest BCUT2D eigenvalue weighted by Crippen LogP contribution is -2.54. The van der Waals surface area contributed by atoms with Gasteiger partial charge in [-0.05, 0) is 36.8 Å². The van der Waals surface area contributed by atoms with Gasteiger partial charge in [-0.25, -0.2) is 9.48 Å². The van der Waals surface area contributed by atoms with Crippen LogP contribution in [0, 0.1) is 0 Å². The third-order valence-corrected chi connectivity index (χ3v) is 4.67. The van der Waals surface area contributed by atoms with Crippen molar-refractivity contribution in [2.24, 2.45) is 0 Å². The second-order valence-electron chi connectivity index (χ2n) is 6.15. The van der Waals surface area contributed by atoms with Crippen molar-refractivity contribution in [2.75, 3.05) is 25.0 Å². The van der Waals surface area contributed by atoms with E-state index in [4.69, 9.17) is 0 Å². The first kappa shape index (κ1) is 14.7. The number of urea groups is 1. The van der Waals surface area contributed by atoms with Gasteiger partial charge in [0.25, 0.3) is 0 Å². The first-order valence-corrected chi connectivity index (χ1v) is 8.16. The molecule has 1 aromatic heterocycles. The monoisotopic (exact) mass is 325 g/mol. The minimum absolute atomic E-state index is 0.110.